The van der Waals surface area contributed by atoms with Crippen molar-refractivity contribution in [3.8, 4) is 0 Å². The number of carbonyl (C=O) groups excluding carboxylic acids is 2. The SMILES string of the molecule is CCC[NH+](CC(=O)Nc1cc([N+](=O)[O-])ccc1Cl)CC(=O)Nc1ccc(F)c(F)c1F. The lowest BCUT2D eigenvalue weighted by Crippen LogP contribution is -3.14. The largest absolute Gasteiger partial charge is 0.320 e. The zero-order valence-electron chi connectivity index (χ0n) is 16.3. The van der Waals surface area contributed by atoms with Crippen LogP contribution in [0, 0.1) is 27.6 Å². The van der Waals surface area contributed by atoms with Crippen molar-refractivity contribution in [1.29, 1.82) is 0 Å². The number of quaternary nitrogens is 1. The van der Waals surface area contributed by atoms with Gasteiger partial charge in [-0.2, -0.15) is 0 Å². The van der Waals surface area contributed by atoms with Crippen LogP contribution in [0.5, 0.6) is 0 Å². The summed E-state index contributed by atoms with van der Waals surface area (Å²) in [5, 5.41) is 15.6. The third kappa shape index (κ3) is 6.66. The molecular formula is C19H19ClF3N4O4+. The Morgan fingerprint density at radius 3 is 2.23 bits per heavy atom. The fourth-order valence-corrected chi connectivity index (χ4v) is 2.95. The smallest absolute Gasteiger partial charge is 0.279 e. The molecule has 12 heteroatoms. The number of hydrogen-bond acceptors (Lipinski definition) is 4. The minimum absolute atomic E-state index is 0.0463. The Kier molecular flexibility index (Phi) is 8.34. The topological polar surface area (TPSA) is 106 Å². The molecule has 2 aromatic carbocycles. The summed E-state index contributed by atoms with van der Waals surface area (Å²) < 4.78 is 40.0. The molecule has 0 fully saturated rings. The molecule has 166 valence electrons. The normalized spacial score (nSPS) is 11.6. The van der Waals surface area contributed by atoms with Crippen LogP contribution < -0.4 is 15.5 Å². The average molecular weight is 460 g/mol. The lowest BCUT2D eigenvalue weighted by molar-refractivity contribution is -0.883. The number of benzene rings is 2. The third-order valence-electron chi connectivity index (χ3n) is 4.17. The number of non-ortho nitro benzene ring substituents is 1. The Morgan fingerprint density at radius 1 is 1.03 bits per heavy atom. The Hall–Kier alpha value is -3.18. The van der Waals surface area contributed by atoms with Gasteiger partial charge in [0.05, 0.1) is 27.9 Å². The molecule has 8 nitrogen and oxygen atoms in total. The van der Waals surface area contributed by atoms with E-state index in [-0.39, 0.29) is 29.5 Å². The van der Waals surface area contributed by atoms with Crippen LogP contribution in [-0.4, -0.2) is 36.4 Å². The molecule has 0 heterocycles. The van der Waals surface area contributed by atoms with Crippen molar-refractivity contribution in [1.82, 2.24) is 0 Å². The van der Waals surface area contributed by atoms with Crippen LogP contribution in [0.15, 0.2) is 30.3 Å². The van der Waals surface area contributed by atoms with E-state index in [9.17, 15) is 32.9 Å². The van der Waals surface area contributed by atoms with E-state index in [1.165, 1.54) is 12.1 Å². The molecule has 0 bridgehead atoms. The van der Waals surface area contributed by atoms with Crippen molar-refractivity contribution in [2.24, 2.45) is 0 Å². The fourth-order valence-electron chi connectivity index (χ4n) is 2.78. The monoisotopic (exact) mass is 459 g/mol. The van der Waals surface area contributed by atoms with Gasteiger partial charge in [-0.25, -0.2) is 13.2 Å². The van der Waals surface area contributed by atoms with Crippen LogP contribution in [0.4, 0.5) is 30.2 Å². The van der Waals surface area contributed by atoms with Gasteiger partial charge in [0.1, 0.15) is 0 Å². The van der Waals surface area contributed by atoms with Crippen molar-refractivity contribution in [3.63, 3.8) is 0 Å². The quantitative estimate of drug-likeness (QED) is 0.304. The predicted molar refractivity (Wildman–Crippen MR) is 108 cm³/mol. The molecule has 0 aliphatic heterocycles. The maximum atomic E-state index is 13.7. The molecule has 3 N–H and O–H groups in total. The zero-order chi connectivity index (χ0) is 23.1. The highest BCUT2D eigenvalue weighted by molar-refractivity contribution is 6.33. The van der Waals surface area contributed by atoms with Crippen LogP contribution in [0.1, 0.15) is 13.3 Å². The second kappa shape index (κ2) is 10.7. The first-order valence-electron chi connectivity index (χ1n) is 9.13. The molecule has 2 aromatic rings. The molecule has 2 rings (SSSR count). The highest BCUT2D eigenvalue weighted by atomic mass is 35.5. The van der Waals surface area contributed by atoms with Gasteiger partial charge < -0.3 is 15.5 Å². The number of nitrogens with zero attached hydrogens (tertiary/aromatic N) is 1. The summed E-state index contributed by atoms with van der Waals surface area (Å²) in [7, 11) is 0. The third-order valence-corrected chi connectivity index (χ3v) is 4.50. The van der Waals surface area contributed by atoms with E-state index in [2.05, 4.69) is 10.6 Å². The highest BCUT2D eigenvalue weighted by Crippen LogP contribution is 2.26. The van der Waals surface area contributed by atoms with Crippen molar-refractivity contribution in [3.05, 3.63) is 62.9 Å². The van der Waals surface area contributed by atoms with Crippen LogP contribution in [0.2, 0.25) is 5.02 Å². The maximum absolute atomic E-state index is 13.7. The van der Waals surface area contributed by atoms with E-state index in [1.807, 2.05) is 6.92 Å². The lowest BCUT2D eigenvalue weighted by atomic mass is 10.2. The van der Waals surface area contributed by atoms with E-state index in [0.29, 0.717) is 23.9 Å². The van der Waals surface area contributed by atoms with Crippen LogP contribution in [0.25, 0.3) is 0 Å². The summed E-state index contributed by atoms with van der Waals surface area (Å²) in [5.41, 5.74) is -0.733. The molecule has 0 radical (unpaired) electrons. The second-order valence-electron chi connectivity index (χ2n) is 6.59. The molecule has 1 unspecified atom stereocenters. The van der Waals surface area contributed by atoms with Gasteiger partial charge >= 0.3 is 0 Å². The molecule has 31 heavy (non-hydrogen) atoms. The Bertz CT molecular complexity index is 1010. The maximum Gasteiger partial charge on any atom is 0.279 e. The molecule has 0 spiro atoms. The number of nitro groups is 1. The van der Waals surface area contributed by atoms with Crippen molar-refractivity contribution in [2.75, 3.05) is 30.3 Å². The van der Waals surface area contributed by atoms with Gasteiger partial charge in [-0.3, -0.25) is 19.7 Å². The van der Waals surface area contributed by atoms with Crippen LogP contribution in [0.3, 0.4) is 0 Å². The van der Waals surface area contributed by atoms with E-state index < -0.39 is 39.9 Å². The number of amides is 2. The number of nitrogens with one attached hydrogen (secondary N) is 3. The van der Waals surface area contributed by atoms with Crippen molar-refractivity contribution < 1.29 is 32.6 Å². The number of nitro benzene ring substituents is 1. The van der Waals surface area contributed by atoms with Gasteiger partial charge in [0.25, 0.3) is 17.5 Å². The number of hydrogen-bond donors (Lipinski definition) is 3. The summed E-state index contributed by atoms with van der Waals surface area (Å²) >= 11 is 5.95. The van der Waals surface area contributed by atoms with E-state index in [1.54, 1.807) is 0 Å². The average Bonchev–Trinajstić information content (AvgIpc) is 2.70. The van der Waals surface area contributed by atoms with E-state index in [0.717, 1.165) is 12.1 Å². The Morgan fingerprint density at radius 2 is 1.65 bits per heavy atom. The highest BCUT2D eigenvalue weighted by Gasteiger charge is 2.21. The first-order chi connectivity index (χ1) is 14.6. The van der Waals surface area contributed by atoms with Crippen LogP contribution >= 0.6 is 11.6 Å². The summed E-state index contributed by atoms with van der Waals surface area (Å²) in [6, 6.07) is 5.14. The first-order valence-corrected chi connectivity index (χ1v) is 9.50. The molecule has 0 aliphatic carbocycles. The minimum Gasteiger partial charge on any atom is -0.320 e. The molecular weight excluding hydrogens is 441 g/mol. The summed E-state index contributed by atoms with van der Waals surface area (Å²) in [5.74, 6) is -5.88. The molecule has 2 amide bonds. The van der Waals surface area contributed by atoms with E-state index >= 15 is 0 Å². The van der Waals surface area contributed by atoms with Crippen molar-refractivity contribution in [2.45, 2.75) is 13.3 Å². The van der Waals surface area contributed by atoms with Crippen LogP contribution in [-0.2, 0) is 9.59 Å². The fraction of sp³-hybridized carbons (Fsp3) is 0.263. The minimum atomic E-state index is -1.70. The van der Waals surface area contributed by atoms with Gasteiger partial charge in [0, 0.05) is 12.1 Å². The van der Waals surface area contributed by atoms with Crippen molar-refractivity contribution >= 4 is 40.5 Å². The summed E-state index contributed by atoms with van der Waals surface area (Å²) in [6.07, 6.45) is 0.604. The second-order valence-corrected chi connectivity index (χ2v) is 7.00. The summed E-state index contributed by atoms with van der Waals surface area (Å²) in [6.45, 7) is 1.76. The number of halogens is 4. The number of carbonyl (C=O) groups is 2. The van der Waals surface area contributed by atoms with Gasteiger partial charge in [-0.1, -0.05) is 18.5 Å². The molecule has 0 saturated carbocycles. The first kappa shape index (κ1) is 24.1. The molecule has 0 aromatic heterocycles. The van der Waals surface area contributed by atoms with Gasteiger partial charge in [0.15, 0.2) is 30.5 Å². The standard InChI is InChI=1S/C19H18ClF3N4O4/c1-2-7-26(9-16(28)24-14-6-5-13(21)18(22)19(14)23)10-17(29)25-15-8-11(27(30)31)3-4-12(15)20/h3-6,8H,2,7,9-10H2,1H3,(H,24,28)(H,25,29)/p+1. The lowest BCUT2D eigenvalue weighted by Gasteiger charge is -2.18. The molecule has 0 saturated heterocycles. The molecule has 1 atom stereocenters. The van der Waals surface area contributed by atoms with Gasteiger partial charge in [-0.05, 0) is 24.6 Å². The summed E-state index contributed by atoms with van der Waals surface area (Å²) in [4.78, 5) is 35.3. The number of rotatable bonds is 9. The van der Waals surface area contributed by atoms with E-state index in [4.69, 9.17) is 11.6 Å². The Balaban J connectivity index is 2.03. The zero-order valence-corrected chi connectivity index (χ0v) is 17.1. The number of anilines is 2. The molecule has 0 aliphatic rings. The Labute approximate surface area is 180 Å². The predicted octanol–water partition coefficient (Wildman–Crippen LogP) is 2.54. The van der Waals surface area contributed by atoms with Gasteiger partial charge in [-0.15, -0.1) is 0 Å². The van der Waals surface area contributed by atoms with Gasteiger partial charge in [0.2, 0.25) is 0 Å².